The van der Waals surface area contributed by atoms with Gasteiger partial charge in [-0.15, -0.1) is 0 Å². The van der Waals surface area contributed by atoms with Crippen LogP contribution >= 0.6 is 0 Å². The van der Waals surface area contributed by atoms with Gasteiger partial charge >= 0.3 is 0 Å². The minimum Gasteiger partial charge on any atom is -0.478 e. The Morgan fingerprint density at radius 1 is 1.53 bits per heavy atom. The smallest absolute Gasteiger partial charge is 0.242 e. The monoisotopic (exact) mass is 265 g/mol. The van der Waals surface area contributed by atoms with Gasteiger partial charge in [-0.05, 0) is 6.92 Å². The number of ether oxygens (including phenoxy) is 1. The van der Waals surface area contributed by atoms with Gasteiger partial charge in [-0.1, -0.05) is 0 Å². The second-order valence-corrected chi connectivity index (χ2v) is 4.14. The third-order valence-corrected chi connectivity index (χ3v) is 2.79. The zero-order chi connectivity index (χ0) is 13.5. The van der Waals surface area contributed by atoms with Crippen molar-refractivity contribution in [1.82, 2.24) is 20.2 Å². The van der Waals surface area contributed by atoms with Crippen LogP contribution < -0.4 is 15.4 Å². The topological polar surface area (TPSA) is 79.4 Å². The summed E-state index contributed by atoms with van der Waals surface area (Å²) in [6.07, 6.45) is 1.61. The molecule has 19 heavy (non-hydrogen) atoms. The van der Waals surface area contributed by atoms with Gasteiger partial charge < -0.3 is 20.3 Å². The van der Waals surface area contributed by atoms with Gasteiger partial charge in [-0.3, -0.25) is 4.79 Å². The van der Waals surface area contributed by atoms with Crippen molar-refractivity contribution in [2.24, 2.45) is 0 Å². The fraction of sp³-hybridized carbons (Fsp3) is 0.583. The number of nitrogens with one attached hydrogen (secondary N) is 2. The largest absolute Gasteiger partial charge is 0.478 e. The van der Waals surface area contributed by atoms with Gasteiger partial charge in [0.05, 0.1) is 13.2 Å². The molecule has 2 N–H and O–H groups in total. The molecule has 7 heteroatoms. The summed E-state index contributed by atoms with van der Waals surface area (Å²) < 4.78 is 5.27. The predicted octanol–water partition coefficient (Wildman–Crippen LogP) is -0.281. The number of aromatic nitrogens is 2. The van der Waals surface area contributed by atoms with Crippen LogP contribution in [0.15, 0.2) is 12.3 Å². The molecule has 1 aromatic rings. The van der Waals surface area contributed by atoms with E-state index in [9.17, 15) is 4.79 Å². The lowest BCUT2D eigenvalue weighted by Crippen LogP contribution is -2.48. The maximum Gasteiger partial charge on any atom is 0.242 e. The molecule has 0 unspecified atom stereocenters. The van der Waals surface area contributed by atoms with Crippen molar-refractivity contribution >= 4 is 11.9 Å². The minimum atomic E-state index is 0.0620. The summed E-state index contributed by atoms with van der Waals surface area (Å²) in [6.45, 7) is 5.85. The zero-order valence-corrected chi connectivity index (χ0v) is 11.1. The maximum absolute atomic E-state index is 11.9. The van der Waals surface area contributed by atoms with E-state index in [2.05, 4.69) is 20.6 Å². The summed E-state index contributed by atoms with van der Waals surface area (Å²) >= 11 is 0. The first kappa shape index (κ1) is 13.5. The molecule has 1 aliphatic rings. The van der Waals surface area contributed by atoms with Crippen LogP contribution in [0, 0.1) is 0 Å². The molecular weight excluding hydrogens is 246 g/mol. The first-order chi connectivity index (χ1) is 9.29. The summed E-state index contributed by atoms with van der Waals surface area (Å²) in [7, 11) is 0. The maximum atomic E-state index is 11.9. The Hall–Kier alpha value is -1.89. The number of hydrogen-bond acceptors (Lipinski definition) is 6. The summed E-state index contributed by atoms with van der Waals surface area (Å²) in [4.78, 5) is 22.0. The van der Waals surface area contributed by atoms with Crippen molar-refractivity contribution in [3.63, 3.8) is 0 Å². The van der Waals surface area contributed by atoms with Crippen LogP contribution in [-0.2, 0) is 4.79 Å². The van der Waals surface area contributed by atoms with Gasteiger partial charge in [0.15, 0.2) is 0 Å². The number of anilines is 1. The number of hydrogen-bond donors (Lipinski definition) is 2. The van der Waals surface area contributed by atoms with Crippen LogP contribution in [0.5, 0.6) is 5.88 Å². The van der Waals surface area contributed by atoms with Crippen molar-refractivity contribution in [1.29, 1.82) is 0 Å². The lowest BCUT2D eigenvalue weighted by Gasteiger charge is -2.27. The molecule has 0 aliphatic carbocycles. The van der Waals surface area contributed by atoms with Gasteiger partial charge in [0.1, 0.15) is 0 Å². The molecular formula is C12H19N5O2. The van der Waals surface area contributed by atoms with Crippen molar-refractivity contribution in [2.45, 2.75) is 6.92 Å². The Morgan fingerprint density at radius 2 is 2.32 bits per heavy atom. The molecule has 1 amide bonds. The molecule has 7 nitrogen and oxygen atoms in total. The van der Waals surface area contributed by atoms with E-state index in [0.29, 0.717) is 18.4 Å². The van der Waals surface area contributed by atoms with Crippen LogP contribution in [0.1, 0.15) is 6.92 Å². The van der Waals surface area contributed by atoms with Crippen molar-refractivity contribution in [3.05, 3.63) is 12.3 Å². The molecule has 0 bridgehead atoms. The quantitative estimate of drug-likeness (QED) is 0.762. The fourth-order valence-electron chi connectivity index (χ4n) is 1.84. The van der Waals surface area contributed by atoms with Crippen molar-refractivity contribution in [3.8, 4) is 5.88 Å². The molecule has 0 atom stereocenters. The molecule has 0 saturated carbocycles. The number of carbonyl (C=O) groups excluding carboxylic acids is 1. The molecule has 1 fully saturated rings. The first-order valence-electron chi connectivity index (χ1n) is 6.48. The number of rotatable bonds is 5. The van der Waals surface area contributed by atoms with Crippen LogP contribution in [0.3, 0.4) is 0 Å². The number of amides is 1. The molecule has 1 aliphatic heterocycles. The lowest BCUT2D eigenvalue weighted by atomic mass is 10.3. The molecule has 0 aromatic carbocycles. The Balaban J connectivity index is 1.83. The van der Waals surface area contributed by atoms with Crippen LogP contribution in [0.4, 0.5) is 5.95 Å². The number of carbonyl (C=O) groups is 1. The summed E-state index contributed by atoms with van der Waals surface area (Å²) in [6, 6.07) is 1.69. The second-order valence-electron chi connectivity index (χ2n) is 4.14. The Morgan fingerprint density at radius 3 is 3.05 bits per heavy atom. The van der Waals surface area contributed by atoms with Crippen LogP contribution in [-0.4, -0.2) is 60.1 Å². The molecule has 0 spiro atoms. The summed E-state index contributed by atoms with van der Waals surface area (Å²) in [5, 5.41) is 6.14. The van der Waals surface area contributed by atoms with Crippen LogP contribution in [0.2, 0.25) is 0 Å². The van der Waals surface area contributed by atoms with E-state index in [0.717, 1.165) is 26.2 Å². The van der Waals surface area contributed by atoms with Gasteiger partial charge in [-0.2, -0.15) is 4.98 Å². The summed E-state index contributed by atoms with van der Waals surface area (Å²) in [5.74, 6) is 0.982. The normalized spacial score (nSPS) is 15.1. The van der Waals surface area contributed by atoms with Crippen LogP contribution in [0.25, 0.3) is 0 Å². The van der Waals surface area contributed by atoms with E-state index >= 15 is 0 Å². The fourth-order valence-corrected chi connectivity index (χ4v) is 1.84. The van der Waals surface area contributed by atoms with Crippen molar-refractivity contribution < 1.29 is 9.53 Å². The van der Waals surface area contributed by atoms with Gasteiger partial charge in [0, 0.05) is 38.4 Å². The highest BCUT2D eigenvalue weighted by Gasteiger charge is 2.15. The third kappa shape index (κ3) is 4.06. The van der Waals surface area contributed by atoms with Gasteiger partial charge in [0.25, 0.3) is 0 Å². The second kappa shape index (κ2) is 6.89. The third-order valence-electron chi connectivity index (χ3n) is 2.79. The van der Waals surface area contributed by atoms with Crippen molar-refractivity contribution in [2.75, 3.05) is 44.6 Å². The summed E-state index contributed by atoms with van der Waals surface area (Å²) in [5.41, 5.74) is 0. The average molecular weight is 265 g/mol. The highest BCUT2D eigenvalue weighted by Crippen LogP contribution is 2.07. The molecule has 1 aromatic heterocycles. The molecule has 2 heterocycles. The standard InChI is InChI=1S/C12H19N5O2/c1-2-19-10-3-4-14-12(16-10)15-9-11(18)17-7-5-13-6-8-17/h3-4,13H,2,5-9H2,1H3,(H,14,15,16). The minimum absolute atomic E-state index is 0.0620. The van der Waals surface area contributed by atoms with E-state index in [-0.39, 0.29) is 12.5 Å². The SMILES string of the molecule is CCOc1ccnc(NCC(=O)N2CCNCC2)n1. The average Bonchev–Trinajstić information content (AvgIpc) is 2.46. The highest BCUT2D eigenvalue weighted by molar-refractivity contribution is 5.80. The lowest BCUT2D eigenvalue weighted by molar-refractivity contribution is -0.129. The number of nitrogens with zero attached hydrogens (tertiary/aromatic N) is 3. The Labute approximate surface area is 112 Å². The van der Waals surface area contributed by atoms with E-state index in [1.807, 2.05) is 11.8 Å². The molecule has 0 radical (unpaired) electrons. The Bertz CT molecular complexity index is 420. The van der Waals surface area contributed by atoms with E-state index in [4.69, 9.17) is 4.74 Å². The van der Waals surface area contributed by atoms with E-state index < -0.39 is 0 Å². The van der Waals surface area contributed by atoms with E-state index in [1.165, 1.54) is 0 Å². The predicted molar refractivity (Wildman–Crippen MR) is 71.1 cm³/mol. The first-order valence-corrected chi connectivity index (χ1v) is 6.48. The van der Waals surface area contributed by atoms with Gasteiger partial charge in [0.2, 0.25) is 17.7 Å². The zero-order valence-electron chi connectivity index (χ0n) is 11.1. The molecule has 1 saturated heterocycles. The number of piperazine rings is 1. The van der Waals surface area contributed by atoms with E-state index in [1.54, 1.807) is 12.3 Å². The van der Waals surface area contributed by atoms with Gasteiger partial charge in [-0.25, -0.2) is 4.98 Å². The molecule has 104 valence electrons. The highest BCUT2D eigenvalue weighted by atomic mass is 16.5. The molecule has 2 rings (SSSR count). The Kier molecular flexibility index (Phi) is 4.91.